The molecule has 2 aliphatic heterocycles. The van der Waals surface area contributed by atoms with Gasteiger partial charge >= 0.3 is 0 Å². The first-order valence-electron chi connectivity index (χ1n) is 16.3. The van der Waals surface area contributed by atoms with Crippen molar-refractivity contribution >= 4 is 43.2 Å². The Bertz CT molecular complexity index is 2040. The van der Waals surface area contributed by atoms with E-state index in [0.29, 0.717) is 10.6 Å². The second-order valence-electron chi connectivity index (χ2n) is 12.6. The Balaban J connectivity index is 0.000000177. The van der Waals surface area contributed by atoms with Crippen LogP contribution < -0.4 is 9.62 Å². The third-order valence-corrected chi connectivity index (χ3v) is 11.4. The number of nitrogens with zero attached hydrogens (tertiary/aromatic N) is 5. The number of benzene rings is 3. The van der Waals surface area contributed by atoms with E-state index in [4.69, 9.17) is 0 Å². The summed E-state index contributed by atoms with van der Waals surface area (Å²) in [5, 5.41) is 5.74. The molecule has 7 rings (SSSR count). The van der Waals surface area contributed by atoms with Gasteiger partial charge in [0.15, 0.2) is 0 Å². The summed E-state index contributed by atoms with van der Waals surface area (Å²) in [5.41, 5.74) is 9.91. The van der Waals surface area contributed by atoms with Crippen molar-refractivity contribution in [2.24, 2.45) is 0 Å². The fraction of sp³-hybridized carbons (Fsp3) is 0.316. The Labute approximate surface area is 279 Å². The topological polar surface area (TPSA) is 65.8 Å². The summed E-state index contributed by atoms with van der Waals surface area (Å²) in [6.07, 6.45) is 6.02. The molecule has 2 aliphatic rings. The summed E-state index contributed by atoms with van der Waals surface area (Å²) in [7, 11) is 4.31. The SMILES string of the molecule is C=CCn1c2c(c3cc(N(C)S(=O)(=O)c4ccccc4)ccc31)CN(C)CC2.C=CCn1c2c(c3cc(NC)ccc31)CN(C)CC2. The van der Waals surface area contributed by atoms with Crippen molar-refractivity contribution in [3.63, 3.8) is 0 Å². The predicted molar refractivity (Wildman–Crippen MR) is 196 cm³/mol. The Hall–Kier alpha value is -4.31. The van der Waals surface area contributed by atoms with Crippen molar-refractivity contribution in [2.75, 3.05) is 50.9 Å². The van der Waals surface area contributed by atoms with E-state index in [2.05, 4.69) is 69.7 Å². The van der Waals surface area contributed by atoms with E-state index in [1.54, 1.807) is 31.3 Å². The van der Waals surface area contributed by atoms with Crippen molar-refractivity contribution in [2.45, 2.75) is 43.9 Å². The van der Waals surface area contributed by atoms with Gasteiger partial charge in [0.2, 0.25) is 0 Å². The number of hydrogen-bond acceptors (Lipinski definition) is 5. The fourth-order valence-electron chi connectivity index (χ4n) is 7.07. The van der Waals surface area contributed by atoms with E-state index in [-0.39, 0.29) is 0 Å². The quantitative estimate of drug-likeness (QED) is 0.195. The normalized spacial score (nSPS) is 15.1. The lowest BCUT2D eigenvalue weighted by molar-refractivity contribution is 0.310. The van der Waals surface area contributed by atoms with Gasteiger partial charge in [-0.25, -0.2) is 8.42 Å². The molecule has 0 fully saturated rings. The maximum atomic E-state index is 13.0. The number of anilines is 2. The Morgan fingerprint density at radius 1 is 0.787 bits per heavy atom. The third kappa shape index (κ3) is 6.11. The van der Waals surface area contributed by atoms with Gasteiger partial charge in [0.1, 0.15) is 0 Å². The molecule has 2 aromatic heterocycles. The number of likely N-dealkylation sites (N-methyl/N-ethyl adjacent to an activating group) is 2. The maximum Gasteiger partial charge on any atom is 0.264 e. The summed E-state index contributed by atoms with van der Waals surface area (Å²) < 4.78 is 32.1. The molecule has 4 heterocycles. The molecule has 0 amide bonds. The smallest absolute Gasteiger partial charge is 0.264 e. The zero-order valence-electron chi connectivity index (χ0n) is 28.0. The second kappa shape index (κ2) is 13.4. The molecular weight excluding hydrogens is 605 g/mol. The number of fused-ring (bicyclic) bond motifs is 6. The van der Waals surface area contributed by atoms with Crippen LogP contribution in [0.5, 0.6) is 0 Å². The van der Waals surface area contributed by atoms with Gasteiger partial charge in [-0.15, -0.1) is 13.2 Å². The van der Waals surface area contributed by atoms with Gasteiger partial charge in [0.05, 0.1) is 10.6 Å². The lowest BCUT2D eigenvalue weighted by Gasteiger charge is -2.24. The molecule has 0 saturated carbocycles. The van der Waals surface area contributed by atoms with Crippen LogP contribution in [0.1, 0.15) is 22.5 Å². The molecule has 47 heavy (non-hydrogen) atoms. The maximum absolute atomic E-state index is 13.0. The lowest BCUT2D eigenvalue weighted by atomic mass is 10.0. The number of sulfonamides is 1. The summed E-state index contributed by atoms with van der Waals surface area (Å²) in [5.74, 6) is 0. The van der Waals surface area contributed by atoms with E-state index in [0.717, 1.165) is 63.0 Å². The molecule has 5 aromatic rings. The Kier molecular flexibility index (Phi) is 9.32. The number of aromatic nitrogens is 2. The molecular formula is C38H46N6O2S. The molecule has 0 spiro atoms. The van der Waals surface area contributed by atoms with Crippen molar-refractivity contribution in [3.05, 3.63) is 115 Å². The molecule has 1 N–H and O–H groups in total. The molecule has 246 valence electrons. The van der Waals surface area contributed by atoms with Gasteiger partial charge in [-0.2, -0.15) is 0 Å². The highest BCUT2D eigenvalue weighted by Crippen LogP contribution is 2.35. The average Bonchev–Trinajstić information content (AvgIpc) is 3.55. The minimum Gasteiger partial charge on any atom is -0.388 e. The first-order valence-corrected chi connectivity index (χ1v) is 17.7. The van der Waals surface area contributed by atoms with Crippen LogP contribution in [0, 0.1) is 0 Å². The molecule has 9 heteroatoms. The molecule has 0 aliphatic carbocycles. The van der Waals surface area contributed by atoms with Crippen LogP contribution in [0.2, 0.25) is 0 Å². The van der Waals surface area contributed by atoms with Crippen LogP contribution in [0.15, 0.2) is 96.9 Å². The standard InChI is InChI=1S/C22H25N3O2S.C16H21N3/c1-4-13-25-21-11-10-17(15-19(21)20-16-23(2)14-12-22(20)25)24(3)28(26,27)18-8-6-5-7-9-18;1-4-8-19-15-6-5-12(17-2)10-13(15)14-11-18(3)9-7-16(14)19/h4-11,15H,1,12-14,16H2,2-3H3;4-6,10,17H,1,7-9,11H2,2-3H3. The average molecular weight is 651 g/mol. The molecule has 0 atom stereocenters. The third-order valence-electron chi connectivity index (χ3n) is 9.55. The summed E-state index contributed by atoms with van der Waals surface area (Å²) in [4.78, 5) is 4.99. The molecule has 0 unspecified atom stereocenters. The number of nitrogens with one attached hydrogen (secondary N) is 1. The Morgan fingerprint density at radius 3 is 1.85 bits per heavy atom. The van der Waals surface area contributed by atoms with Gasteiger partial charge in [0.25, 0.3) is 10.0 Å². The van der Waals surface area contributed by atoms with E-state index in [1.165, 1.54) is 43.4 Å². The minimum absolute atomic E-state index is 0.295. The minimum atomic E-state index is -3.60. The summed E-state index contributed by atoms with van der Waals surface area (Å²) in [6.45, 7) is 13.5. The zero-order chi connectivity index (χ0) is 33.3. The predicted octanol–water partition coefficient (Wildman–Crippen LogP) is 6.50. The van der Waals surface area contributed by atoms with E-state index < -0.39 is 10.0 Å². The van der Waals surface area contributed by atoms with Crippen LogP contribution >= 0.6 is 0 Å². The van der Waals surface area contributed by atoms with Crippen LogP contribution in [-0.4, -0.2) is 68.6 Å². The Morgan fingerprint density at radius 2 is 1.32 bits per heavy atom. The molecule has 0 bridgehead atoms. The highest BCUT2D eigenvalue weighted by Gasteiger charge is 2.26. The monoisotopic (exact) mass is 650 g/mol. The lowest BCUT2D eigenvalue weighted by Crippen LogP contribution is -2.27. The highest BCUT2D eigenvalue weighted by molar-refractivity contribution is 7.92. The fourth-order valence-corrected chi connectivity index (χ4v) is 8.28. The van der Waals surface area contributed by atoms with Crippen molar-refractivity contribution in [3.8, 4) is 0 Å². The number of allylic oxidation sites excluding steroid dienone is 2. The van der Waals surface area contributed by atoms with Crippen LogP contribution in [0.25, 0.3) is 21.8 Å². The van der Waals surface area contributed by atoms with E-state index >= 15 is 0 Å². The van der Waals surface area contributed by atoms with Gasteiger partial charge < -0.3 is 24.3 Å². The highest BCUT2D eigenvalue weighted by atomic mass is 32.2. The van der Waals surface area contributed by atoms with Gasteiger partial charge in [-0.05, 0) is 73.8 Å². The van der Waals surface area contributed by atoms with Gasteiger partial charge in [-0.1, -0.05) is 30.4 Å². The van der Waals surface area contributed by atoms with E-state index in [1.807, 2.05) is 43.5 Å². The van der Waals surface area contributed by atoms with Crippen LogP contribution in [0.4, 0.5) is 11.4 Å². The van der Waals surface area contributed by atoms with E-state index in [9.17, 15) is 8.42 Å². The first-order chi connectivity index (χ1) is 22.7. The number of rotatable bonds is 8. The molecule has 0 saturated heterocycles. The largest absolute Gasteiger partial charge is 0.388 e. The molecule has 8 nitrogen and oxygen atoms in total. The van der Waals surface area contributed by atoms with Crippen molar-refractivity contribution in [1.29, 1.82) is 0 Å². The van der Waals surface area contributed by atoms with Crippen molar-refractivity contribution < 1.29 is 8.42 Å². The van der Waals surface area contributed by atoms with Gasteiger partial charge in [-0.3, -0.25) is 4.31 Å². The van der Waals surface area contributed by atoms with Gasteiger partial charge in [0, 0.05) is 105 Å². The molecule has 0 radical (unpaired) electrons. The molecule has 3 aromatic carbocycles. The first kappa shape index (κ1) is 32.6. The van der Waals surface area contributed by atoms with Crippen LogP contribution in [0.3, 0.4) is 0 Å². The second-order valence-corrected chi connectivity index (χ2v) is 14.6. The number of hydrogen-bond donors (Lipinski definition) is 1. The van der Waals surface area contributed by atoms with Crippen molar-refractivity contribution in [1.82, 2.24) is 18.9 Å². The van der Waals surface area contributed by atoms with Crippen LogP contribution in [-0.2, 0) is 49.0 Å². The summed E-state index contributed by atoms with van der Waals surface area (Å²) >= 11 is 0. The summed E-state index contributed by atoms with van der Waals surface area (Å²) in [6, 6.07) is 21.1. The zero-order valence-corrected chi connectivity index (χ0v) is 28.9.